The lowest BCUT2D eigenvalue weighted by molar-refractivity contribution is -0.118. The van der Waals surface area contributed by atoms with Gasteiger partial charge < -0.3 is 5.32 Å². The molecule has 0 saturated heterocycles. The van der Waals surface area contributed by atoms with Gasteiger partial charge in [0, 0.05) is 20.0 Å². The minimum absolute atomic E-state index is 0.116. The van der Waals surface area contributed by atoms with Crippen molar-refractivity contribution in [3.8, 4) is 0 Å². The number of nitrogens with one attached hydrogen (secondary N) is 1. The van der Waals surface area contributed by atoms with Crippen LogP contribution in [-0.4, -0.2) is 37.7 Å². The first-order chi connectivity index (χ1) is 9.71. The Bertz CT molecular complexity index is 779. The van der Waals surface area contributed by atoms with Crippen LogP contribution in [0.1, 0.15) is 13.8 Å². The fourth-order valence-electron chi connectivity index (χ4n) is 1.58. The molecule has 0 unspecified atom stereocenters. The van der Waals surface area contributed by atoms with Gasteiger partial charge in [-0.1, -0.05) is 25.2 Å². The van der Waals surface area contributed by atoms with E-state index in [1.807, 2.05) is 0 Å². The summed E-state index contributed by atoms with van der Waals surface area (Å²) in [6.45, 7) is 3.59. The highest BCUT2D eigenvalue weighted by Gasteiger charge is 2.18. The van der Waals surface area contributed by atoms with Crippen LogP contribution in [0.15, 0.2) is 23.1 Å². The zero-order valence-electron chi connectivity index (χ0n) is 12.2. The van der Waals surface area contributed by atoms with Gasteiger partial charge in [-0.05, 0) is 18.2 Å². The average molecular weight is 327 g/mol. The first-order valence-electron chi connectivity index (χ1n) is 6.36. The molecule has 1 aromatic heterocycles. The normalized spacial score (nSPS) is 12.3. The molecule has 0 aliphatic carbocycles. The molecule has 0 saturated carbocycles. The number of amides is 1. The molecule has 0 fully saturated rings. The van der Waals surface area contributed by atoms with Crippen LogP contribution in [0.3, 0.4) is 0 Å². The van der Waals surface area contributed by atoms with E-state index in [0.717, 1.165) is 9.01 Å². The van der Waals surface area contributed by atoms with Gasteiger partial charge in [0.1, 0.15) is 0 Å². The van der Waals surface area contributed by atoms with Crippen LogP contribution in [-0.2, 0) is 14.8 Å². The van der Waals surface area contributed by atoms with E-state index in [9.17, 15) is 13.2 Å². The molecule has 0 radical (unpaired) electrons. The minimum Gasteiger partial charge on any atom is -0.302 e. The van der Waals surface area contributed by atoms with E-state index in [-0.39, 0.29) is 16.7 Å². The van der Waals surface area contributed by atoms with Gasteiger partial charge in [0.25, 0.3) is 0 Å². The molecule has 1 heterocycles. The first-order valence-corrected chi connectivity index (χ1v) is 8.61. The van der Waals surface area contributed by atoms with E-state index in [1.54, 1.807) is 26.0 Å². The Labute approximate surface area is 127 Å². The number of carbonyl (C=O) groups is 1. The Balaban J connectivity index is 2.39. The first kappa shape index (κ1) is 15.9. The SMILES string of the molecule is CC(C)C(=O)Nc1nc2ccc(S(=O)(=O)N(C)C)cc2s1. The number of fused-ring (bicyclic) bond motifs is 1. The van der Waals surface area contributed by atoms with Gasteiger partial charge in [-0.3, -0.25) is 4.79 Å². The lowest BCUT2D eigenvalue weighted by Gasteiger charge is -2.10. The summed E-state index contributed by atoms with van der Waals surface area (Å²) in [6, 6.07) is 4.74. The number of nitrogens with zero attached hydrogens (tertiary/aromatic N) is 2. The summed E-state index contributed by atoms with van der Waals surface area (Å²) in [7, 11) is -0.498. The van der Waals surface area contributed by atoms with E-state index >= 15 is 0 Å². The minimum atomic E-state index is -3.47. The highest BCUT2D eigenvalue weighted by atomic mass is 32.2. The van der Waals surface area contributed by atoms with Crippen LogP contribution >= 0.6 is 11.3 Å². The lowest BCUT2D eigenvalue weighted by atomic mass is 10.2. The van der Waals surface area contributed by atoms with E-state index < -0.39 is 10.0 Å². The Morgan fingerprint density at radius 3 is 2.57 bits per heavy atom. The molecular formula is C13H17N3O3S2. The fourth-order valence-corrected chi connectivity index (χ4v) is 3.49. The molecule has 1 N–H and O–H groups in total. The predicted octanol–water partition coefficient (Wildman–Crippen LogP) is 2.14. The van der Waals surface area contributed by atoms with Gasteiger partial charge >= 0.3 is 0 Å². The zero-order chi connectivity index (χ0) is 15.8. The molecule has 0 aliphatic rings. The third kappa shape index (κ3) is 3.22. The maximum absolute atomic E-state index is 12.1. The summed E-state index contributed by atoms with van der Waals surface area (Å²) in [4.78, 5) is 16.2. The molecule has 1 aromatic carbocycles. The Morgan fingerprint density at radius 1 is 1.33 bits per heavy atom. The number of sulfonamides is 1. The van der Waals surface area contributed by atoms with Crippen molar-refractivity contribution in [1.29, 1.82) is 0 Å². The van der Waals surface area contributed by atoms with Gasteiger partial charge in [-0.2, -0.15) is 0 Å². The number of anilines is 1. The van der Waals surface area contributed by atoms with E-state index in [0.29, 0.717) is 10.6 Å². The summed E-state index contributed by atoms with van der Waals surface area (Å²) in [5.41, 5.74) is 0.664. The Kier molecular flexibility index (Phi) is 4.31. The fraction of sp³-hybridized carbons (Fsp3) is 0.385. The molecular weight excluding hydrogens is 310 g/mol. The van der Waals surface area contributed by atoms with Crippen molar-refractivity contribution in [3.63, 3.8) is 0 Å². The van der Waals surface area contributed by atoms with Crippen molar-refractivity contribution >= 4 is 42.6 Å². The summed E-state index contributed by atoms with van der Waals surface area (Å²) < 4.78 is 26.1. The smallest absolute Gasteiger partial charge is 0.242 e. The van der Waals surface area contributed by atoms with E-state index in [4.69, 9.17) is 0 Å². The summed E-state index contributed by atoms with van der Waals surface area (Å²) in [5, 5.41) is 3.20. The molecule has 114 valence electrons. The number of hydrogen-bond donors (Lipinski definition) is 1. The number of benzene rings is 1. The summed E-state index contributed by atoms with van der Waals surface area (Å²) in [6.07, 6.45) is 0. The van der Waals surface area contributed by atoms with E-state index in [2.05, 4.69) is 10.3 Å². The standard InChI is InChI=1S/C13H17N3O3S2/c1-8(2)12(17)15-13-14-10-6-5-9(7-11(10)20-13)21(18,19)16(3)4/h5-8H,1-4H3,(H,14,15,17). The average Bonchev–Trinajstić information content (AvgIpc) is 2.79. The van der Waals surface area contributed by atoms with Gasteiger partial charge in [0.2, 0.25) is 15.9 Å². The third-order valence-electron chi connectivity index (χ3n) is 2.89. The van der Waals surface area contributed by atoms with Crippen LogP contribution in [0, 0.1) is 5.92 Å². The maximum atomic E-state index is 12.1. The molecule has 0 aliphatic heterocycles. The Hall–Kier alpha value is -1.51. The summed E-state index contributed by atoms with van der Waals surface area (Å²) >= 11 is 1.26. The van der Waals surface area contributed by atoms with Crippen molar-refractivity contribution in [1.82, 2.24) is 9.29 Å². The molecule has 2 rings (SSSR count). The molecule has 0 atom stereocenters. The van der Waals surface area contributed by atoms with Crippen LogP contribution in [0.4, 0.5) is 5.13 Å². The molecule has 0 bridgehead atoms. The van der Waals surface area contributed by atoms with Crippen molar-refractivity contribution in [2.45, 2.75) is 18.7 Å². The monoisotopic (exact) mass is 327 g/mol. The number of carbonyl (C=O) groups excluding carboxylic acids is 1. The molecule has 2 aromatic rings. The third-order valence-corrected chi connectivity index (χ3v) is 5.64. The second kappa shape index (κ2) is 5.70. The van der Waals surface area contributed by atoms with Gasteiger partial charge in [0.05, 0.1) is 15.1 Å². The molecule has 0 spiro atoms. The largest absolute Gasteiger partial charge is 0.302 e. The molecule has 8 heteroatoms. The highest BCUT2D eigenvalue weighted by molar-refractivity contribution is 7.89. The number of hydrogen-bond acceptors (Lipinski definition) is 5. The topological polar surface area (TPSA) is 79.4 Å². The van der Waals surface area contributed by atoms with Gasteiger partial charge in [0.15, 0.2) is 5.13 Å². The van der Waals surface area contributed by atoms with Crippen LogP contribution in [0.5, 0.6) is 0 Å². The van der Waals surface area contributed by atoms with Crippen molar-refractivity contribution in [2.75, 3.05) is 19.4 Å². The quantitative estimate of drug-likeness (QED) is 0.933. The lowest BCUT2D eigenvalue weighted by Crippen LogP contribution is -2.22. The van der Waals surface area contributed by atoms with Crippen LogP contribution in [0.2, 0.25) is 0 Å². The van der Waals surface area contributed by atoms with Crippen LogP contribution < -0.4 is 5.32 Å². The van der Waals surface area contributed by atoms with Crippen molar-refractivity contribution in [3.05, 3.63) is 18.2 Å². The highest BCUT2D eigenvalue weighted by Crippen LogP contribution is 2.29. The predicted molar refractivity (Wildman–Crippen MR) is 84.0 cm³/mol. The van der Waals surface area contributed by atoms with Crippen LogP contribution in [0.25, 0.3) is 10.2 Å². The maximum Gasteiger partial charge on any atom is 0.242 e. The molecule has 1 amide bonds. The zero-order valence-corrected chi connectivity index (χ0v) is 13.9. The summed E-state index contributed by atoms with van der Waals surface area (Å²) in [5.74, 6) is -0.253. The van der Waals surface area contributed by atoms with E-state index in [1.165, 1.54) is 31.5 Å². The van der Waals surface area contributed by atoms with Crippen molar-refractivity contribution < 1.29 is 13.2 Å². The molecule has 6 nitrogen and oxygen atoms in total. The Morgan fingerprint density at radius 2 is 2.00 bits per heavy atom. The van der Waals surface area contributed by atoms with Gasteiger partial charge in [-0.15, -0.1) is 0 Å². The van der Waals surface area contributed by atoms with Crippen molar-refractivity contribution in [2.24, 2.45) is 5.92 Å². The second-order valence-corrected chi connectivity index (χ2v) is 8.26. The van der Waals surface area contributed by atoms with Gasteiger partial charge in [-0.25, -0.2) is 17.7 Å². The number of rotatable bonds is 4. The number of aromatic nitrogens is 1. The second-order valence-electron chi connectivity index (χ2n) is 5.08. The molecule has 21 heavy (non-hydrogen) atoms. The number of thiazole rings is 1.